The van der Waals surface area contributed by atoms with E-state index in [1.807, 2.05) is 0 Å². The third-order valence-corrected chi connectivity index (χ3v) is 7.36. The summed E-state index contributed by atoms with van der Waals surface area (Å²) >= 11 is 0. The lowest BCUT2D eigenvalue weighted by Crippen LogP contribution is -2.53. The van der Waals surface area contributed by atoms with E-state index in [0.717, 1.165) is 42.5 Å². The Morgan fingerprint density at radius 1 is 1.17 bits per heavy atom. The molecule has 1 aromatic carbocycles. The van der Waals surface area contributed by atoms with Crippen LogP contribution in [0.3, 0.4) is 0 Å². The number of carbonyl (C=O) groups excluding carboxylic acids is 2. The molecule has 2 amide bonds. The highest BCUT2D eigenvalue weighted by atomic mass is 32.2. The number of amides is 2. The number of rotatable bonds is 5. The Morgan fingerprint density at radius 2 is 1.90 bits per heavy atom. The van der Waals surface area contributed by atoms with Crippen LogP contribution in [-0.4, -0.2) is 56.5 Å². The average molecular weight is 442 g/mol. The molecule has 30 heavy (non-hydrogen) atoms. The van der Waals surface area contributed by atoms with Crippen LogP contribution in [0.2, 0.25) is 0 Å². The Labute approximate surface area is 176 Å². The molecular weight excluding hydrogens is 413 g/mol. The number of benzene rings is 1. The number of nitrogens with one attached hydrogen (secondary N) is 2. The minimum absolute atomic E-state index is 0.00141. The number of sulfonamides is 1. The molecule has 1 aliphatic heterocycles. The molecule has 2 aliphatic rings. The first-order valence-corrected chi connectivity index (χ1v) is 11.7. The SMILES string of the molecule is Cc1cc(S(=O)(=O)N2CCCO[C@@H]2CNC(=O)C(=O)NC2CCCCC2)ccc1F. The van der Waals surface area contributed by atoms with Gasteiger partial charge in [-0.25, -0.2) is 12.8 Å². The van der Waals surface area contributed by atoms with Gasteiger partial charge >= 0.3 is 11.8 Å². The maximum absolute atomic E-state index is 13.5. The highest BCUT2D eigenvalue weighted by Gasteiger charge is 2.35. The standard InChI is InChI=1S/C20H28FN3O5S/c1-14-12-16(8-9-17(14)21)30(27,28)24-10-5-11-29-18(24)13-22-19(25)20(26)23-15-6-3-2-4-7-15/h8-9,12,15,18H,2-7,10-11,13H2,1H3,(H,22,25)(H,23,26)/t18-/m1/s1. The van der Waals surface area contributed by atoms with Crippen molar-refractivity contribution in [3.8, 4) is 0 Å². The van der Waals surface area contributed by atoms with Gasteiger partial charge < -0.3 is 15.4 Å². The fraction of sp³-hybridized carbons (Fsp3) is 0.600. The lowest BCUT2D eigenvalue weighted by Gasteiger charge is -2.34. The Hall–Kier alpha value is -2.04. The zero-order chi connectivity index (χ0) is 21.7. The number of ether oxygens (including phenoxy) is 1. The van der Waals surface area contributed by atoms with Crippen molar-refractivity contribution in [3.05, 3.63) is 29.6 Å². The van der Waals surface area contributed by atoms with Crippen molar-refractivity contribution in [2.24, 2.45) is 0 Å². The molecule has 10 heteroatoms. The summed E-state index contributed by atoms with van der Waals surface area (Å²) in [6.45, 7) is 1.87. The molecule has 2 fully saturated rings. The first-order chi connectivity index (χ1) is 14.3. The van der Waals surface area contributed by atoms with Crippen LogP contribution in [0.15, 0.2) is 23.1 Å². The van der Waals surface area contributed by atoms with E-state index in [-0.39, 0.29) is 29.6 Å². The monoisotopic (exact) mass is 441 g/mol. The second kappa shape index (κ2) is 9.84. The molecule has 3 rings (SSSR count). The van der Waals surface area contributed by atoms with Crippen LogP contribution in [0.1, 0.15) is 44.1 Å². The van der Waals surface area contributed by atoms with Crippen LogP contribution in [0.25, 0.3) is 0 Å². The van der Waals surface area contributed by atoms with E-state index in [2.05, 4.69) is 10.6 Å². The topological polar surface area (TPSA) is 105 Å². The van der Waals surface area contributed by atoms with E-state index < -0.39 is 33.9 Å². The second-order valence-electron chi connectivity index (χ2n) is 7.72. The van der Waals surface area contributed by atoms with Gasteiger partial charge in [-0.05, 0) is 49.9 Å². The molecule has 0 unspecified atom stereocenters. The molecule has 1 aliphatic carbocycles. The molecule has 0 bridgehead atoms. The zero-order valence-electron chi connectivity index (χ0n) is 17.0. The van der Waals surface area contributed by atoms with Crippen LogP contribution in [0, 0.1) is 12.7 Å². The number of hydrogen-bond acceptors (Lipinski definition) is 5. The van der Waals surface area contributed by atoms with E-state index in [4.69, 9.17) is 4.74 Å². The van der Waals surface area contributed by atoms with Crippen molar-refractivity contribution in [2.75, 3.05) is 19.7 Å². The van der Waals surface area contributed by atoms with Gasteiger partial charge in [-0.1, -0.05) is 19.3 Å². The van der Waals surface area contributed by atoms with Gasteiger partial charge in [-0.3, -0.25) is 9.59 Å². The molecule has 1 saturated carbocycles. The summed E-state index contributed by atoms with van der Waals surface area (Å²) in [6, 6.07) is 3.59. The third-order valence-electron chi connectivity index (χ3n) is 5.47. The van der Waals surface area contributed by atoms with Gasteiger partial charge in [0.05, 0.1) is 18.0 Å². The third kappa shape index (κ3) is 5.35. The molecule has 0 radical (unpaired) electrons. The molecule has 1 saturated heterocycles. The van der Waals surface area contributed by atoms with Crippen LogP contribution < -0.4 is 10.6 Å². The van der Waals surface area contributed by atoms with Gasteiger partial charge in [0.25, 0.3) is 0 Å². The van der Waals surface area contributed by atoms with Gasteiger partial charge in [0, 0.05) is 12.6 Å². The van der Waals surface area contributed by atoms with E-state index >= 15 is 0 Å². The minimum atomic E-state index is -3.95. The maximum atomic E-state index is 13.5. The summed E-state index contributed by atoms with van der Waals surface area (Å²) in [4.78, 5) is 24.3. The van der Waals surface area contributed by atoms with Gasteiger partial charge in [-0.15, -0.1) is 0 Å². The normalized spacial score (nSPS) is 21.2. The molecule has 1 atom stereocenters. The average Bonchev–Trinajstić information content (AvgIpc) is 2.74. The molecule has 0 spiro atoms. The summed E-state index contributed by atoms with van der Waals surface area (Å²) in [5.74, 6) is -2.03. The van der Waals surface area contributed by atoms with Crippen molar-refractivity contribution < 1.29 is 27.1 Å². The summed E-state index contributed by atoms with van der Waals surface area (Å²) in [6.07, 6.45) is 4.44. The summed E-state index contributed by atoms with van der Waals surface area (Å²) in [7, 11) is -3.95. The van der Waals surface area contributed by atoms with E-state index in [9.17, 15) is 22.4 Å². The lowest BCUT2D eigenvalue weighted by molar-refractivity contribution is -0.140. The second-order valence-corrected chi connectivity index (χ2v) is 9.61. The Morgan fingerprint density at radius 3 is 2.60 bits per heavy atom. The maximum Gasteiger partial charge on any atom is 0.309 e. The fourth-order valence-electron chi connectivity index (χ4n) is 3.77. The first-order valence-electron chi connectivity index (χ1n) is 10.3. The number of halogens is 1. The van der Waals surface area contributed by atoms with Crippen molar-refractivity contribution >= 4 is 21.8 Å². The van der Waals surface area contributed by atoms with Crippen molar-refractivity contribution in [1.29, 1.82) is 0 Å². The highest BCUT2D eigenvalue weighted by molar-refractivity contribution is 7.89. The molecule has 1 heterocycles. The van der Waals surface area contributed by atoms with E-state index in [1.54, 1.807) is 0 Å². The number of nitrogens with zero attached hydrogens (tertiary/aromatic N) is 1. The smallest absolute Gasteiger partial charge is 0.309 e. The van der Waals surface area contributed by atoms with Gasteiger partial charge in [0.2, 0.25) is 10.0 Å². The Bertz CT molecular complexity index is 886. The summed E-state index contributed by atoms with van der Waals surface area (Å²) in [5.41, 5.74) is 0.221. The first kappa shape index (κ1) is 22.6. The fourth-order valence-corrected chi connectivity index (χ4v) is 5.42. The molecule has 166 valence electrons. The summed E-state index contributed by atoms with van der Waals surface area (Å²) in [5, 5.41) is 5.20. The van der Waals surface area contributed by atoms with Gasteiger partial charge in [-0.2, -0.15) is 4.31 Å². The van der Waals surface area contributed by atoms with Crippen LogP contribution in [-0.2, 0) is 24.3 Å². The van der Waals surface area contributed by atoms with Crippen LogP contribution >= 0.6 is 0 Å². The largest absolute Gasteiger partial charge is 0.360 e. The predicted molar refractivity (Wildman–Crippen MR) is 107 cm³/mol. The van der Waals surface area contributed by atoms with Crippen LogP contribution in [0.5, 0.6) is 0 Å². The Balaban J connectivity index is 1.63. The zero-order valence-corrected chi connectivity index (χ0v) is 17.8. The molecule has 0 aromatic heterocycles. The molecule has 2 N–H and O–H groups in total. The quantitative estimate of drug-likeness (QED) is 0.673. The van der Waals surface area contributed by atoms with Crippen LogP contribution in [0.4, 0.5) is 4.39 Å². The van der Waals surface area contributed by atoms with Crippen molar-refractivity contribution in [3.63, 3.8) is 0 Å². The predicted octanol–water partition coefficient (Wildman–Crippen LogP) is 1.44. The molecule has 8 nitrogen and oxygen atoms in total. The number of hydrogen-bond donors (Lipinski definition) is 2. The van der Waals surface area contributed by atoms with Crippen molar-refractivity contribution in [1.82, 2.24) is 14.9 Å². The lowest BCUT2D eigenvalue weighted by atomic mass is 9.95. The van der Waals surface area contributed by atoms with Gasteiger partial charge in [0.1, 0.15) is 12.0 Å². The number of carbonyl (C=O) groups is 2. The van der Waals surface area contributed by atoms with Gasteiger partial charge in [0.15, 0.2) is 0 Å². The van der Waals surface area contributed by atoms with E-state index in [0.29, 0.717) is 13.0 Å². The van der Waals surface area contributed by atoms with E-state index in [1.165, 1.54) is 19.1 Å². The highest BCUT2D eigenvalue weighted by Crippen LogP contribution is 2.23. The minimum Gasteiger partial charge on any atom is -0.360 e. The number of aryl methyl sites for hydroxylation is 1. The summed E-state index contributed by atoms with van der Waals surface area (Å²) < 4.78 is 46.3. The van der Waals surface area contributed by atoms with Crippen molar-refractivity contribution in [2.45, 2.75) is 62.6 Å². The Kier molecular flexibility index (Phi) is 7.43. The molecular formula is C20H28FN3O5S. The molecule has 1 aromatic rings.